The highest BCUT2D eigenvalue weighted by Crippen LogP contribution is 2.37. The molecular weight excluding hydrogens is 1430 g/mol. The number of hydrogen-bond acceptors (Lipinski definition) is 26. The molecule has 2 aliphatic heterocycles. The molecule has 30 nitrogen and oxygen atoms in total. The number of fused-ring (bicyclic) bond motifs is 3. The van der Waals surface area contributed by atoms with Gasteiger partial charge in [0, 0.05) is 134 Å². The number of benzene rings is 6. The van der Waals surface area contributed by atoms with E-state index in [4.69, 9.17) is 73.2 Å². The molecular formula is C74H73Cl3N22O8. The second-order valence-corrected chi connectivity index (χ2v) is 25.4. The van der Waals surface area contributed by atoms with Gasteiger partial charge in [-0.3, -0.25) is 20.4 Å². The van der Waals surface area contributed by atoms with Gasteiger partial charge in [-0.2, -0.15) is 29.9 Å². The van der Waals surface area contributed by atoms with Crippen LogP contribution in [0.25, 0.3) is 33.0 Å². The number of carbonyl (C=O) groups excluding carboxylic acids is 1. The van der Waals surface area contributed by atoms with Crippen molar-refractivity contribution in [3.8, 4) is 52.1 Å². The quantitative estimate of drug-likeness (QED) is 0.0310. The number of para-hydroxylation sites is 5. The van der Waals surface area contributed by atoms with Crippen molar-refractivity contribution in [3.05, 3.63) is 207 Å². The van der Waals surface area contributed by atoms with Gasteiger partial charge in [0.05, 0.1) is 77.1 Å². The number of hydrazine groups is 1. The summed E-state index contributed by atoms with van der Waals surface area (Å²) < 4.78 is 33.7. The molecule has 107 heavy (non-hydrogen) atoms. The van der Waals surface area contributed by atoms with Crippen molar-refractivity contribution in [3.63, 3.8) is 0 Å². The molecule has 13 aromatic rings. The molecule has 0 atom stereocenters. The van der Waals surface area contributed by atoms with Gasteiger partial charge in [0.15, 0.2) is 11.2 Å². The predicted octanol–water partition coefficient (Wildman–Crippen LogP) is 12.9. The summed E-state index contributed by atoms with van der Waals surface area (Å²) in [6.07, 6.45) is 3.51. The number of anilines is 8. The van der Waals surface area contributed by atoms with E-state index in [-0.39, 0.29) is 17.2 Å². The van der Waals surface area contributed by atoms with Gasteiger partial charge in [-0.05, 0) is 78.9 Å². The average molecular weight is 1500 g/mol. The van der Waals surface area contributed by atoms with E-state index in [0.29, 0.717) is 141 Å². The number of nitrogens with one attached hydrogen (secondary N) is 7. The summed E-state index contributed by atoms with van der Waals surface area (Å²) in [5.74, 6) is 10.2. The van der Waals surface area contributed by atoms with Crippen molar-refractivity contribution < 1.29 is 33.2 Å². The standard InChI is InChI=1S/C27H26ClN9O2.C25H26ClN7O3.C22H21ClN6O3/c1-38-18-7-8-22(19(28)15-18)39-25-16-24(36-11-13-37(14-12-36)27-29-9-4-10-30-27)34-26(35-25)31-17-23-32-20-5-2-3-6-21(20)33-23;1-16(34)32-9-11-33(12-10-32)25-30-22(27-15-23-28-19-5-3-4-6-20(19)29-23)14-24(31-25)36-21-8-7-17(35-2)13-18(21)26;1-29(2)22-25-20(12-21(26-22)32-18-9-8-13(31-3)10-15(18)23)28-27-19-11-17(30)14-6-4-5-7-16(14)24-19/h2-10,15-16H,11-14,17H2,1H3,(H,32,33)(H,31,34,35);3-8,13-14H,9-12,15H2,1-2H3,(H,28,29)(H,27,30,31);4-12H,1-3H3,(H2,24,27,30)(H,25,26,28). The fourth-order valence-corrected chi connectivity index (χ4v) is 11.9. The van der Waals surface area contributed by atoms with Gasteiger partial charge in [-0.25, -0.2) is 19.9 Å². The molecule has 7 aromatic heterocycles. The zero-order chi connectivity index (χ0) is 74.3. The Bertz CT molecular complexity index is 5250. The first-order chi connectivity index (χ1) is 52.0. The highest BCUT2D eigenvalue weighted by atomic mass is 35.5. The van der Waals surface area contributed by atoms with Gasteiger partial charge in [0.25, 0.3) is 0 Å². The molecule has 0 spiro atoms. The van der Waals surface area contributed by atoms with Crippen molar-refractivity contribution in [1.29, 1.82) is 0 Å². The number of carbonyl (C=O) groups is 1. The molecule has 33 heteroatoms. The minimum absolute atomic E-state index is 0.0648. The number of rotatable bonds is 22. The van der Waals surface area contributed by atoms with Gasteiger partial charge >= 0.3 is 0 Å². The summed E-state index contributed by atoms with van der Waals surface area (Å²) in [6.45, 7) is 7.89. The van der Waals surface area contributed by atoms with E-state index in [0.717, 1.165) is 77.2 Å². The van der Waals surface area contributed by atoms with Crippen molar-refractivity contribution >= 4 is 121 Å². The maximum Gasteiger partial charge on any atom is 0.230 e. The molecule has 2 aliphatic rings. The number of imidazole rings is 2. The number of halogens is 3. The highest BCUT2D eigenvalue weighted by molar-refractivity contribution is 6.33. The third kappa shape index (κ3) is 18.6. The average Bonchev–Trinajstić information content (AvgIpc) is 1.84. The van der Waals surface area contributed by atoms with Gasteiger partial charge in [0.1, 0.15) is 63.6 Å². The predicted molar refractivity (Wildman–Crippen MR) is 414 cm³/mol. The first-order valence-corrected chi connectivity index (χ1v) is 34.8. The summed E-state index contributed by atoms with van der Waals surface area (Å²) in [5.41, 5.74) is 10.3. The van der Waals surface area contributed by atoms with E-state index in [1.807, 2.05) is 103 Å². The smallest absolute Gasteiger partial charge is 0.230 e. The Labute approximate surface area is 628 Å². The molecule has 2 saturated heterocycles. The van der Waals surface area contributed by atoms with Crippen LogP contribution in [-0.4, -0.2) is 163 Å². The third-order valence-electron chi connectivity index (χ3n) is 16.8. The second kappa shape index (κ2) is 33.8. The van der Waals surface area contributed by atoms with Crippen LogP contribution in [-0.2, 0) is 17.9 Å². The zero-order valence-electron chi connectivity index (χ0n) is 58.8. The number of H-pyrrole nitrogens is 3. The Kier molecular flexibility index (Phi) is 23.0. The fraction of sp³-hybridized carbons (Fsp3) is 0.216. The van der Waals surface area contributed by atoms with Gasteiger partial charge < -0.3 is 78.5 Å². The second-order valence-electron chi connectivity index (χ2n) is 24.2. The molecule has 6 aromatic carbocycles. The summed E-state index contributed by atoms with van der Waals surface area (Å²) >= 11 is 19.1. The Balaban J connectivity index is 0.000000143. The van der Waals surface area contributed by atoms with Crippen LogP contribution in [0.2, 0.25) is 15.1 Å². The van der Waals surface area contributed by atoms with Crippen LogP contribution in [0.5, 0.6) is 52.1 Å². The topological polar surface area (TPSA) is 330 Å². The molecule has 0 radical (unpaired) electrons. The van der Waals surface area contributed by atoms with Crippen molar-refractivity contribution in [2.75, 3.05) is 129 Å². The molecule has 548 valence electrons. The number of methoxy groups -OCH3 is 3. The lowest BCUT2D eigenvalue weighted by Crippen LogP contribution is -2.48. The largest absolute Gasteiger partial charge is 0.497 e. The van der Waals surface area contributed by atoms with E-state index in [1.165, 1.54) is 6.07 Å². The van der Waals surface area contributed by atoms with E-state index in [2.05, 4.69) is 86.1 Å². The molecule has 0 saturated carbocycles. The van der Waals surface area contributed by atoms with E-state index >= 15 is 0 Å². The van der Waals surface area contributed by atoms with Crippen LogP contribution in [0.1, 0.15) is 18.6 Å². The Morgan fingerprint density at radius 3 is 1.54 bits per heavy atom. The Hall–Kier alpha value is -12.7. The Morgan fingerprint density at radius 1 is 0.486 bits per heavy atom. The number of amides is 1. The van der Waals surface area contributed by atoms with Crippen molar-refractivity contribution in [2.24, 2.45) is 0 Å². The van der Waals surface area contributed by atoms with Gasteiger partial charge in [0.2, 0.25) is 47.3 Å². The van der Waals surface area contributed by atoms with Crippen LogP contribution in [0, 0.1) is 0 Å². The molecule has 0 unspecified atom stereocenters. The first-order valence-electron chi connectivity index (χ1n) is 33.7. The molecule has 2 fully saturated rings. The minimum atomic E-state index is -0.0986. The SMILES string of the molecule is COc1ccc(Oc2cc(N3CCN(c4ncccn4)CC3)nc(NCc3nc4ccccc4[nH]3)n2)c(Cl)c1.COc1ccc(Oc2cc(NCc3nc4ccccc4[nH]3)nc(N3CCN(C(C)=O)CC3)n2)c(Cl)c1.COc1ccc(Oc2cc(NNc3cc(=O)c4ccccc4[nH]3)nc(N(C)C)n2)c(Cl)c1. The fourth-order valence-electron chi connectivity index (χ4n) is 11.3. The van der Waals surface area contributed by atoms with Crippen LogP contribution in [0.4, 0.5) is 47.1 Å². The molecule has 15 rings (SSSR count). The first kappa shape index (κ1) is 72.7. The number of ether oxygens (including phenoxy) is 6. The minimum Gasteiger partial charge on any atom is -0.497 e. The third-order valence-corrected chi connectivity index (χ3v) is 17.7. The van der Waals surface area contributed by atoms with Gasteiger partial charge in [-0.1, -0.05) is 71.2 Å². The van der Waals surface area contributed by atoms with E-state index < -0.39 is 0 Å². The van der Waals surface area contributed by atoms with Crippen LogP contribution in [0.15, 0.2) is 175 Å². The lowest BCUT2D eigenvalue weighted by molar-refractivity contribution is -0.129. The normalized spacial score (nSPS) is 12.7. The number of piperazine rings is 2. The maximum atomic E-state index is 12.3. The maximum absolute atomic E-state index is 12.3. The molecule has 7 N–H and O–H groups in total. The van der Waals surface area contributed by atoms with Crippen LogP contribution < -0.4 is 74.9 Å². The highest BCUT2D eigenvalue weighted by Gasteiger charge is 2.25. The molecule has 0 bridgehead atoms. The van der Waals surface area contributed by atoms with Crippen LogP contribution in [0.3, 0.4) is 0 Å². The number of aromatic nitrogens is 13. The number of hydrogen-bond donors (Lipinski definition) is 7. The summed E-state index contributed by atoms with van der Waals surface area (Å²) in [7, 11) is 8.36. The number of nitrogens with zero attached hydrogens (tertiary/aromatic N) is 15. The summed E-state index contributed by atoms with van der Waals surface area (Å²) in [5, 5.41) is 8.43. The van der Waals surface area contributed by atoms with E-state index in [1.54, 1.807) is 118 Å². The van der Waals surface area contributed by atoms with Crippen molar-refractivity contribution in [2.45, 2.75) is 20.0 Å². The lowest BCUT2D eigenvalue weighted by atomic mass is 10.2. The van der Waals surface area contributed by atoms with Gasteiger partial charge in [-0.15, -0.1) is 0 Å². The number of aromatic amines is 3. The van der Waals surface area contributed by atoms with Crippen molar-refractivity contribution in [1.82, 2.24) is 69.7 Å². The Morgan fingerprint density at radius 2 is 0.991 bits per heavy atom. The molecule has 9 heterocycles. The van der Waals surface area contributed by atoms with E-state index in [9.17, 15) is 9.59 Å². The molecule has 0 aliphatic carbocycles. The number of pyridine rings is 1. The van der Waals surface area contributed by atoms with Crippen LogP contribution >= 0.6 is 34.8 Å². The monoisotopic (exact) mass is 1500 g/mol. The summed E-state index contributed by atoms with van der Waals surface area (Å²) in [4.78, 5) is 89.4. The lowest BCUT2D eigenvalue weighted by Gasteiger charge is -2.35. The zero-order valence-corrected chi connectivity index (χ0v) is 61.1. The molecule has 1 amide bonds. The summed E-state index contributed by atoms with van der Waals surface area (Å²) in [6, 6.07) is 47.0.